The van der Waals surface area contributed by atoms with Gasteiger partial charge in [0, 0.05) is 13.1 Å². The number of nitrogens with two attached hydrogens (primary N) is 1. The van der Waals surface area contributed by atoms with E-state index in [-0.39, 0.29) is 17.3 Å². The summed E-state index contributed by atoms with van der Waals surface area (Å²) in [6.07, 6.45) is 0. The standard InChI is InChI=1S/C16H18N6O3S/c17-26(24,25)14-3-1-2-13(15(14)16-19-21-22-20-16)12-6-4-11(5-7-12)10-18-8-9-23/h1-7,18,23H,8-10H2,(H2,17,24,25)(H,19,20,21,22). The molecule has 0 saturated heterocycles. The predicted molar refractivity (Wildman–Crippen MR) is 95.2 cm³/mol. The van der Waals surface area contributed by atoms with E-state index in [9.17, 15) is 8.42 Å². The lowest BCUT2D eigenvalue weighted by Crippen LogP contribution is -2.17. The summed E-state index contributed by atoms with van der Waals surface area (Å²) >= 11 is 0. The number of primary sulfonamides is 1. The second-order valence-electron chi connectivity index (χ2n) is 5.56. The number of benzene rings is 2. The Morgan fingerprint density at radius 1 is 1.15 bits per heavy atom. The Bertz CT molecular complexity index is 972. The van der Waals surface area contributed by atoms with Crippen LogP contribution in [-0.4, -0.2) is 47.3 Å². The highest BCUT2D eigenvalue weighted by Gasteiger charge is 2.22. The van der Waals surface area contributed by atoms with Crippen molar-refractivity contribution in [3.05, 3.63) is 48.0 Å². The molecular formula is C16H18N6O3S. The van der Waals surface area contributed by atoms with Gasteiger partial charge in [0.2, 0.25) is 15.8 Å². The Kier molecular flexibility index (Phi) is 5.38. The molecule has 1 heterocycles. The minimum atomic E-state index is -3.97. The van der Waals surface area contributed by atoms with Gasteiger partial charge in [0.15, 0.2) is 0 Å². The van der Waals surface area contributed by atoms with Crippen LogP contribution < -0.4 is 10.5 Å². The summed E-state index contributed by atoms with van der Waals surface area (Å²) in [6.45, 7) is 1.21. The number of sulfonamides is 1. The molecule has 0 aliphatic heterocycles. The van der Waals surface area contributed by atoms with E-state index >= 15 is 0 Å². The number of tetrazole rings is 1. The summed E-state index contributed by atoms with van der Waals surface area (Å²) in [4.78, 5) is -0.0647. The SMILES string of the molecule is NS(=O)(=O)c1cccc(-c2ccc(CNCCO)cc2)c1-c1nn[nH]n1. The lowest BCUT2D eigenvalue weighted by Gasteiger charge is -2.12. The first-order valence-electron chi connectivity index (χ1n) is 7.81. The van der Waals surface area contributed by atoms with Gasteiger partial charge in [-0.15, -0.1) is 10.2 Å². The van der Waals surface area contributed by atoms with Crippen molar-refractivity contribution in [1.29, 1.82) is 0 Å². The first-order chi connectivity index (χ1) is 12.5. The molecule has 0 saturated carbocycles. The molecule has 2 aromatic carbocycles. The summed E-state index contributed by atoms with van der Waals surface area (Å²) in [7, 11) is -3.97. The molecule has 9 nitrogen and oxygen atoms in total. The molecule has 0 aliphatic rings. The van der Waals surface area contributed by atoms with Crippen LogP contribution in [0.1, 0.15) is 5.56 Å². The number of aliphatic hydroxyl groups excluding tert-OH is 1. The summed E-state index contributed by atoms with van der Waals surface area (Å²) in [5.41, 5.74) is 2.76. The molecule has 0 unspecified atom stereocenters. The van der Waals surface area contributed by atoms with Crippen LogP contribution in [0.3, 0.4) is 0 Å². The molecular weight excluding hydrogens is 356 g/mol. The van der Waals surface area contributed by atoms with Crippen LogP contribution in [0.15, 0.2) is 47.4 Å². The third-order valence-corrected chi connectivity index (χ3v) is 4.74. The van der Waals surface area contributed by atoms with Gasteiger partial charge in [-0.2, -0.15) is 5.21 Å². The fourth-order valence-corrected chi connectivity index (χ4v) is 3.38. The van der Waals surface area contributed by atoms with Gasteiger partial charge < -0.3 is 10.4 Å². The van der Waals surface area contributed by atoms with E-state index < -0.39 is 10.0 Å². The summed E-state index contributed by atoms with van der Waals surface area (Å²) in [5.74, 6) is 0.151. The molecule has 3 aromatic rings. The van der Waals surface area contributed by atoms with E-state index in [2.05, 4.69) is 25.9 Å². The smallest absolute Gasteiger partial charge is 0.238 e. The van der Waals surface area contributed by atoms with E-state index in [0.29, 0.717) is 24.2 Å². The topological polar surface area (TPSA) is 147 Å². The lowest BCUT2D eigenvalue weighted by molar-refractivity contribution is 0.292. The van der Waals surface area contributed by atoms with Gasteiger partial charge in [0.25, 0.3) is 0 Å². The minimum absolute atomic E-state index is 0.0647. The molecule has 26 heavy (non-hydrogen) atoms. The van der Waals surface area contributed by atoms with Gasteiger partial charge in [0.05, 0.1) is 17.1 Å². The van der Waals surface area contributed by atoms with E-state index in [1.807, 2.05) is 24.3 Å². The Labute approximate surface area is 150 Å². The average molecular weight is 374 g/mol. The zero-order chi connectivity index (χ0) is 18.6. The monoisotopic (exact) mass is 374 g/mol. The van der Waals surface area contributed by atoms with Crippen molar-refractivity contribution in [3.8, 4) is 22.5 Å². The van der Waals surface area contributed by atoms with Gasteiger partial charge in [-0.05, 0) is 28.0 Å². The average Bonchev–Trinajstić information content (AvgIpc) is 3.15. The molecule has 0 radical (unpaired) electrons. The molecule has 0 spiro atoms. The van der Waals surface area contributed by atoms with Gasteiger partial charge in [0.1, 0.15) is 0 Å². The van der Waals surface area contributed by atoms with Crippen molar-refractivity contribution in [2.45, 2.75) is 11.4 Å². The zero-order valence-electron chi connectivity index (χ0n) is 13.8. The molecule has 0 fully saturated rings. The van der Waals surface area contributed by atoms with Crippen LogP contribution in [-0.2, 0) is 16.6 Å². The molecule has 136 valence electrons. The maximum atomic E-state index is 12.0. The molecule has 0 aliphatic carbocycles. The highest BCUT2D eigenvalue weighted by atomic mass is 32.2. The maximum Gasteiger partial charge on any atom is 0.238 e. The third kappa shape index (κ3) is 3.94. The van der Waals surface area contributed by atoms with Crippen molar-refractivity contribution >= 4 is 10.0 Å². The van der Waals surface area contributed by atoms with Gasteiger partial charge in [-0.1, -0.05) is 36.4 Å². The number of nitrogens with zero attached hydrogens (tertiary/aromatic N) is 3. The van der Waals surface area contributed by atoms with Crippen molar-refractivity contribution < 1.29 is 13.5 Å². The molecule has 5 N–H and O–H groups in total. The van der Waals surface area contributed by atoms with Crippen LogP contribution in [0.2, 0.25) is 0 Å². The zero-order valence-corrected chi connectivity index (χ0v) is 14.6. The van der Waals surface area contributed by atoms with E-state index in [1.54, 1.807) is 12.1 Å². The first kappa shape index (κ1) is 18.1. The van der Waals surface area contributed by atoms with E-state index in [0.717, 1.165) is 11.1 Å². The molecule has 10 heteroatoms. The first-order valence-corrected chi connectivity index (χ1v) is 9.36. The van der Waals surface area contributed by atoms with Crippen molar-refractivity contribution in [2.75, 3.05) is 13.2 Å². The quantitative estimate of drug-likeness (QED) is 0.434. The fraction of sp³-hybridized carbons (Fsp3) is 0.188. The Morgan fingerprint density at radius 3 is 2.54 bits per heavy atom. The van der Waals surface area contributed by atoms with Crippen LogP contribution in [0.25, 0.3) is 22.5 Å². The number of H-pyrrole nitrogens is 1. The molecule has 3 rings (SSSR count). The predicted octanol–water partition coefficient (Wildman–Crippen LogP) is 0.263. The number of aromatic nitrogens is 4. The summed E-state index contributed by atoms with van der Waals surface area (Å²) in [5, 5.41) is 30.9. The highest BCUT2D eigenvalue weighted by Crippen LogP contribution is 2.34. The highest BCUT2D eigenvalue weighted by molar-refractivity contribution is 7.89. The molecule has 0 bridgehead atoms. The second-order valence-corrected chi connectivity index (χ2v) is 7.09. The largest absolute Gasteiger partial charge is 0.395 e. The number of nitrogens with one attached hydrogen (secondary N) is 2. The number of hydrogen-bond donors (Lipinski definition) is 4. The molecule has 1 aromatic heterocycles. The van der Waals surface area contributed by atoms with Crippen molar-refractivity contribution in [2.24, 2.45) is 5.14 Å². The Morgan fingerprint density at radius 2 is 1.92 bits per heavy atom. The van der Waals surface area contributed by atoms with Crippen LogP contribution >= 0.6 is 0 Å². The Hall–Kier alpha value is -2.66. The van der Waals surface area contributed by atoms with Crippen LogP contribution in [0.5, 0.6) is 0 Å². The third-order valence-electron chi connectivity index (χ3n) is 3.78. The summed E-state index contributed by atoms with van der Waals surface area (Å²) < 4.78 is 24.0. The molecule has 0 atom stereocenters. The second kappa shape index (κ2) is 7.70. The van der Waals surface area contributed by atoms with E-state index in [1.165, 1.54) is 6.07 Å². The Balaban J connectivity index is 2.05. The maximum absolute atomic E-state index is 12.0. The van der Waals surface area contributed by atoms with Gasteiger partial charge in [-0.25, -0.2) is 13.6 Å². The number of hydrogen-bond acceptors (Lipinski definition) is 7. The van der Waals surface area contributed by atoms with Crippen molar-refractivity contribution in [1.82, 2.24) is 25.9 Å². The van der Waals surface area contributed by atoms with Crippen LogP contribution in [0, 0.1) is 0 Å². The number of aliphatic hydroxyl groups is 1. The summed E-state index contributed by atoms with van der Waals surface area (Å²) in [6, 6.07) is 12.4. The molecule has 0 amide bonds. The number of rotatable bonds is 7. The lowest BCUT2D eigenvalue weighted by atomic mass is 9.98. The van der Waals surface area contributed by atoms with Gasteiger partial charge >= 0.3 is 0 Å². The van der Waals surface area contributed by atoms with E-state index in [4.69, 9.17) is 10.2 Å². The fourth-order valence-electron chi connectivity index (χ4n) is 2.62. The number of aromatic amines is 1. The normalized spacial score (nSPS) is 11.6. The van der Waals surface area contributed by atoms with Crippen LogP contribution in [0.4, 0.5) is 0 Å². The van der Waals surface area contributed by atoms with Gasteiger partial charge in [-0.3, -0.25) is 0 Å². The van der Waals surface area contributed by atoms with Crippen molar-refractivity contribution in [3.63, 3.8) is 0 Å². The minimum Gasteiger partial charge on any atom is -0.395 e.